The van der Waals surface area contributed by atoms with Crippen molar-refractivity contribution in [1.29, 1.82) is 0 Å². The molecule has 0 aliphatic carbocycles. The molecule has 0 fully saturated rings. The third-order valence-corrected chi connectivity index (χ3v) is 3.65. The van der Waals surface area contributed by atoms with Gasteiger partial charge in [-0.3, -0.25) is 9.59 Å². The van der Waals surface area contributed by atoms with Gasteiger partial charge in [-0.15, -0.1) is 0 Å². The van der Waals surface area contributed by atoms with Crippen LogP contribution in [0.15, 0.2) is 46.9 Å². The summed E-state index contributed by atoms with van der Waals surface area (Å²) >= 11 is 2.82. The lowest BCUT2D eigenvalue weighted by molar-refractivity contribution is -0.138. The average molecular weight is 387 g/mol. The van der Waals surface area contributed by atoms with E-state index in [0.717, 1.165) is 6.07 Å². The molecule has 0 atom stereocenters. The zero-order valence-electron chi connectivity index (χ0n) is 11.4. The Morgan fingerprint density at radius 3 is 2.09 bits per heavy atom. The molecule has 0 aliphatic heterocycles. The molecular formula is C15H10BrF3N2O2. The Balaban J connectivity index is 2.22. The van der Waals surface area contributed by atoms with Crippen LogP contribution in [0.5, 0.6) is 0 Å². The third-order valence-electron chi connectivity index (χ3n) is 2.96. The van der Waals surface area contributed by atoms with Crippen molar-refractivity contribution >= 4 is 33.4 Å². The van der Waals surface area contributed by atoms with Crippen molar-refractivity contribution in [1.82, 2.24) is 0 Å². The fourth-order valence-electron chi connectivity index (χ4n) is 1.81. The Kier molecular flexibility index (Phi) is 4.74. The Bertz CT molecular complexity index is 758. The molecule has 0 heterocycles. The van der Waals surface area contributed by atoms with Gasteiger partial charge in [-0.2, -0.15) is 13.2 Å². The van der Waals surface area contributed by atoms with Crippen LogP contribution in [-0.2, 0) is 6.18 Å². The first-order chi connectivity index (χ1) is 10.7. The minimum Gasteiger partial charge on any atom is -0.366 e. The maximum absolute atomic E-state index is 12.8. The molecule has 0 bridgehead atoms. The standard InChI is InChI=1S/C15H10BrF3N2O2/c16-12-6-5-10(7-11(12)15(17,18)19)21-14(23)9-3-1-8(2-4-9)13(20)22/h1-7H,(H2,20,22)(H,21,23). The Morgan fingerprint density at radius 2 is 1.57 bits per heavy atom. The zero-order chi connectivity index (χ0) is 17.2. The van der Waals surface area contributed by atoms with Crippen LogP contribution < -0.4 is 11.1 Å². The Hall–Kier alpha value is -2.35. The highest BCUT2D eigenvalue weighted by Crippen LogP contribution is 2.36. The summed E-state index contributed by atoms with van der Waals surface area (Å²) in [6.45, 7) is 0. The van der Waals surface area contributed by atoms with Crippen LogP contribution in [-0.4, -0.2) is 11.8 Å². The highest BCUT2D eigenvalue weighted by Gasteiger charge is 2.33. The minimum atomic E-state index is -4.54. The number of nitrogens with one attached hydrogen (secondary N) is 1. The van der Waals surface area contributed by atoms with Crippen LogP contribution in [0.3, 0.4) is 0 Å². The van der Waals surface area contributed by atoms with Crippen molar-refractivity contribution in [2.75, 3.05) is 5.32 Å². The number of benzene rings is 2. The molecule has 0 aromatic heterocycles. The lowest BCUT2D eigenvalue weighted by Crippen LogP contribution is -2.15. The largest absolute Gasteiger partial charge is 0.417 e. The van der Waals surface area contributed by atoms with Crippen molar-refractivity contribution in [2.45, 2.75) is 6.18 Å². The number of hydrogen-bond donors (Lipinski definition) is 2. The summed E-state index contributed by atoms with van der Waals surface area (Å²) in [4.78, 5) is 23.0. The van der Waals surface area contributed by atoms with E-state index in [0.29, 0.717) is 0 Å². The zero-order valence-corrected chi connectivity index (χ0v) is 13.0. The number of anilines is 1. The lowest BCUT2D eigenvalue weighted by Gasteiger charge is -2.12. The van der Waals surface area contributed by atoms with E-state index in [1.165, 1.54) is 36.4 Å². The van der Waals surface area contributed by atoms with Crippen LogP contribution in [0.1, 0.15) is 26.3 Å². The number of hydrogen-bond acceptors (Lipinski definition) is 2. The molecule has 8 heteroatoms. The summed E-state index contributed by atoms with van der Waals surface area (Å²) in [7, 11) is 0. The second-order valence-corrected chi connectivity index (χ2v) is 5.44. The van der Waals surface area contributed by atoms with Gasteiger partial charge in [0.1, 0.15) is 0 Å². The summed E-state index contributed by atoms with van der Waals surface area (Å²) in [6, 6.07) is 8.82. The number of halogens is 4. The first-order valence-electron chi connectivity index (χ1n) is 6.26. The second-order valence-electron chi connectivity index (χ2n) is 4.59. The molecule has 0 saturated carbocycles. The Morgan fingerprint density at radius 1 is 1.00 bits per heavy atom. The summed E-state index contributed by atoms with van der Waals surface area (Å²) < 4.78 is 38.4. The van der Waals surface area contributed by atoms with Crippen LogP contribution in [0.4, 0.5) is 18.9 Å². The van der Waals surface area contributed by atoms with Gasteiger partial charge < -0.3 is 11.1 Å². The van der Waals surface area contributed by atoms with Gasteiger partial charge in [-0.25, -0.2) is 0 Å². The maximum Gasteiger partial charge on any atom is 0.417 e. The SMILES string of the molecule is NC(=O)c1ccc(C(=O)Nc2ccc(Br)c(C(F)(F)F)c2)cc1. The molecule has 2 aromatic rings. The van der Waals surface area contributed by atoms with E-state index < -0.39 is 23.6 Å². The van der Waals surface area contributed by atoms with E-state index in [-0.39, 0.29) is 21.3 Å². The fraction of sp³-hybridized carbons (Fsp3) is 0.0667. The third kappa shape index (κ3) is 4.10. The van der Waals surface area contributed by atoms with Gasteiger partial charge in [0, 0.05) is 21.3 Å². The monoisotopic (exact) mass is 386 g/mol. The summed E-state index contributed by atoms with van der Waals surface area (Å²) in [6.07, 6.45) is -4.54. The number of amides is 2. The lowest BCUT2D eigenvalue weighted by atomic mass is 10.1. The van der Waals surface area contributed by atoms with Crippen molar-refractivity contribution < 1.29 is 22.8 Å². The van der Waals surface area contributed by atoms with Gasteiger partial charge in [0.05, 0.1) is 5.56 Å². The molecule has 120 valence electrons. The molecule has 0 unspecified atom stereocenters. The molecule has 0 radical (unpaired) electrons. The summed E-state index contributed by atoms with van der Waals surface area (Å²) in [5, 5.41) is 2.37. The predicted octanol–water partition coefficient (Wildman–Crippen LogP) is 3.82. The smallest absolute Gasteiger partial charge is 0.366 e. The maximum atomic E-state index is 12.8. The van der Waals surface area contributed by atoms with Gasteiger partial charge in [-0.1, -0.05) is 15.9 Å². The fourth-order valence-corrected chi connectivity index (χ4v) is 2.28. The van der Waals surface area contributed by atoms with E-state index in [1.54, 1.807) is 0 Å². The molecule has 0 spiro atoms. The van der Waals surface area contributed by atoms with Crippen molar-refractivity contribution in [2.24, 2.45) is 5.73 Å². The van der Waals surface area contributed by atoms with Crippen molar-refractivity contribution in [3.63, 3.8) is 0 Å². The average Bonchev–Trinajstić information content (AvgIpc) is 2.48. The van der Waals surface area contributed by atoms with Crippen LogP contribution in [0.25, 0.3) is 0 Å². The van der Waals surface area contributed by atoms with Gasteiger partial charge >= 0.3 is 6.18 Å². The number of rotatable bonds is 3. The van der Waals surface area contributed by atoms with Gasteiger partial charge in [0.25, 0.3) is 5.91 Å². The normalized spacial score (nSPS) is 11.1. The molecule has 2 aromatic carbocycles. The number of nitrogens with two attached hydrogens (primary N) is 1. The predicted molar refractivity (Wildman–Crippen MR) is 82.1 cm³/mol. The molecule has 23 heavy (non-hydrogen) atoms. The van der Waals surface area contributed by atoms with E-state index >= 15 is 0 Å². The quantitative estimate of drug-likeness (QED) is 0.841. The van der Waals surface area contributed by atoms with Gasteiger partial charge in [0.15, 0.2) is 0 Å². The molecular weight excluding hydrogens is 377 g/mol. The molecule has 2 rings (SSSR count). The summed E-state index contributed by atoms with van der Waals surface area (Å²) in [5.74, 6) is -1.24. The van der Waals surface area contributed by atoms with Crippen LogP contribution in [0, 0.1) is 0 Å². The molecule has 0 saturated heterocycles. The number of carbonyl (C=O) groups is 2. The molecule has 3 N–H and O–H groups in total. The molecule has 2 amide bonds. The molecule has 4 nitrogen and oxygen atoms in total. The van der Waals surface area contributed by atoms with E-state index in [9.17, 15) is 22.8 Å². The number of primary amides is 1. The number of carbonyl (C=O) groups excluding carboxylic acids is 2. The number of alkyl halides is 3. The Labute approximate surface area is 137 Å². The highest BCUT2D eigenvalue weighted by molar-refractivity contribution is 9.10. The highest BCUT2D eigenvalue weighted by atomic mass is 79.9. The van der Waals surface area contributed by atoms with Crippen LogP contribution in [0.2, 0.25) is 0 Å². The summed E-state index contributed by atoms with van der Waals surface area (Å²) in [5.41, 5.74) is 4.61. The van der Waals surface area contributed by atoms with E-state index in [1.807, 2.05) is 0 Å². The van der Waals surface area contributed by atoms with E-state index in [4.69, 9.17) is 5.73 Å². The van der Waals surface area contributed by atoms with Crippen molar-refractivity contribution in [3.8, 4) is 0 Å². The minimum absolute atomic E-state index is 0.00417. The molecule has 0 aliphatic rings. The van der Waals surface area contributed by atoms with Crippen LogP contribution >= 0.6 is 15.9 Å². The first kappa shape index (κ1) is 17.0. The topological polar surface area (TPSA) is 72.2 Å². The van der Waals surface area contributed by atoms with E-state index in [2.05, 4.69) is 21.2 Å². The second kappa shape index (κ2) is 6.41. The first-order valence-corrected chi connectivity index (χ1v) is 7.06. The van der Waals surface area contributed by atoms with Gasteiger partial charge in [0.2, 0.25) is 5.91 Å². The van der Waals surface area contributed by atoms with Gasteiger partial charge in [-0.05, 0) is 42.5 Å². The van der Waals surface area contributed by atoms with Crippen molar-refractivity contribution in [3.05, 3.63) is 63.6 Å².